The van der Waals surface area contributed by atoms with E-state index in [-0.39, 0.29) is 28.1 Å². The van der Waals surface area contributed by atoms with Gasteiger partial charge in [-0.2, -0.15) is 0 Å². The number of nitrogens with zero attached hydrogens (tertiary/aromatic N) is 2. The maximum Gasteiger partial charge on any atom is 0.262 e. The van der Waals surface area contributed by atoms with E-state index in [1.807, 2.05) is 0 Å². The van der Waals surface area contributed by atoms with Crippen LogP contribution in [0.5, 0.6) is 0 Å². The number of benzene rings is 1. The molecule has 0 radical (unpaired) electrons. The minimum Gasteiger partial charge on any atom is -0.277 e. The van der Waals surface area contributed by atoms with E-state index in [0.29, 0.717) is 0 Å². The Morgan fingerprint density at radius 1 is 0.842 bits per heavy atom. The van der Waals surface area contributed by atoms with Gasteiger partial charge in [-0.1, -0.05) is 0 Å². The Balaban J connectivity index is 2.82. The van der Waals surface area contributed by atoms with Gasteiger partial charge in [0.1, 0.15) is 0 Å². The summed E-state index contributed by atoms with van der Waals surface area (Å²) in [5.74, 6) is 0. The fraction of sp³-hybridized carbons (Fsp3) is 0.231. The molecule has 6 nitrogen and oxygen atoms in total. The van der Waals surface area contributed by atoms with Gasteiger partial charge in [-0.15, -0.1) is 0 Å². The number of fused-ring (bicyclic) bond motifs is 3. The van der Waals surface area contributed by atoms with Crippen molar-refractivity contribution in [2.75, 3.05) is 0 Å². The Bertz CT molecular complexity index is 1030. The summed E-state index contributed by atoms with van der Waals surface area (Å²) in [7, 11) is 1.36. The van der Waals surface area contributed by atoms with E-state index in [2.05, 4.69) is 0 Å². The smallest absolute Gasteiger partial charge is 0.262 e. The van der Waals surface area contributed by atoms with Gasteiger partial charge < -0.3 is 0 Å². The Labute approximate surface area is 105 Å². The highest BCUT2D eigenvalue weighted by molar-refractivity contribution is 6.07. The third kappa shape index (κ3) is 1.20. The summed E-state index contributed by atoms with van der Waals surface area (Å²) in [5.41, 5.74) is -1.90. The van der Waals surface area contributed by atoms with E-state index in [4.69, 9.17) is 0 Å². The summed E-state index contributed by atoms with van der Waals surface area (Å²) in [6.45, 7) is 1.92. The summed E-state index contributed by atoms with van der Waals surface area (Å²) >= 11 is 0. The molecule has 1 aromatic carbocycles. The molecular weight excluding hydrogens is 248 g/mol. The lowest BCUT2D eigenvalue weighted by Crippen LogP contribution is -2.24. The van der Waals surface area contributed by atoms with Gasteiger partial charge in [-0.25, -0.2) is 0 Å². The molecule has 0 aliphatic heterocycles. The first-order valence-electron chi connectivity index (χ1n) is 5.84. The third-order valence-corrected chi connectivity index (χ3v) is 3.51. The second kappa shape index (κ2) is 3.50. The van der Waals surface area contributed by atoms with Gasteiger partial charge in [-0.05, 0) is 19.1 Å². The molecule has 3 aromatic rings. The van der Waals surface area contributed by atoms with Gasteiger partial charge in [0.15, 0.2) is 0 Å². The Morgan fingerprint density at radius 3 is 1.95 bits per heavy atom. The lowest BCUT2D eigenvalue weighted by atomic mass is 10.1. The molecule has 0 saturated carbocycles. The van der Waals surface area contributed by atoms with Crippen LogP contribution in [0.2, 0.25) is 0 Å². The summed E-state index contributed by atoms with van der Waals surface area (Å²) in [6, 6.07) is 2.87. The molecule has 0 atom stereocenters. The van der Waals surface area contributed by atoms with Crippen molar-refractivity contribution in [1.82, 2.24) is 9.13 Å². The molecule has 6 heteroatoms. The predicted molar refractivity (Wildman–Crippen MR) is 71.5 cm³/mol. The fourth-order valence-corrected chi connectivity index (χ4v) is 2.50. The summed E-state index contributed by atoms with van der Waals surface area (Å²) in [5, 5.41) is 0.499. The van der Waals surface area contributed by atoms with E-state index < -0.39 is 22.2 Å². The maximum absolute atomic E-state index is 12.2. The lowest BCUT2D eigenvalue weighted by Gasteiger charge is -1.88. The van der Waals surface area contributed by atoms with Crippen molar-refractivity contribution in [3.63, 3.8) is 0 Å². The summed E-state index contributed by atoms with van der Waals surface area (Å²) < 4.78 is 2.03. The molecule has 2 aromatic heterocycles. The zero-order chi connectivity index (χ0) is 13.9. The molecule has 0 unspecified atom stereocenters. The molecule has 0 saturated heterocycles. The highest BCUT2D eigenvalue weighted by Gasteiger charge is 2.20. The number of rotatable bonds is 1. The van der Waals surface area contributed by atoms with Gasteiger partial charge >= 0.3 is 0 Å². The van der Waals surface area contributed by atoms with E-state index in [1.165, 1.54) is 19.2 Å². The van der Waals surface area contributed by atoms with E-state index in [9.17, 15) is 19.2 Å². The molecule has 0 bridgehead atoms. The van der Waals surface area contributed by atoms with Crippen molar-refractivity contribution in [2.45, 2.75) is 13.5 Å². The fourth-order valence-electron chi connectivity index (χ4n) is 2.50. The van der Waals surface area contributed by atoms with Crippen LogP contribution in [0.25, 0.3) is 21.5 Å². The van der Waals surface area contributed by atoms with Crippen LogP contribution in [0.4, 0.5) is 0 Å². The SMILES string of the molecule is CCn1c(=O)c2ccc3c(=O)n(C)c(=O)c3c2c1=O. The van der Waals surface area contributed by atoms with Crippen LogP contribution in [0.1, 0.15) is 6.92 Å². The van der Waals surface area contributed by atoms with Crippen molar-refractivity contribution in [3.05, 3.63) is 53.5 Å². The minimum absolute atomic E-state index is 0.0549. The van der Waals surface area contributed by atoms with Crippen LogP contribution in [-0.2, 0) is 13.6 Å². The minimum atomic E-state index is -0.532. The highest BCUT2D eigenvalue weighted by atomic mass is 16.2. The van der Waals surface area contributed by atoms with Crippen LogP contribution >= 0.6 is 0 Å². The number of hydrogen-bond donors (Lipinski definition) is 0. The number of aromatic nitrogens is 2. The van der Waals surface area contributed by atoms with Crippen LogP contribution < -0.4 is 22.2 Å². The first-order chi connectivity index (χ1) is 8.99. The molecule has 0 aliphatic rings. The molecule has 0 spiro atoms. The molecule has 3 rings (SSSR count). The first-order valence-corrected chi connectivity index (χ1v) is 5.84. The molecule has 96 valence electrons. The standard InChI is InChI=1S/C13H10N2O4/c1-3-15-11(17)7-5-4-6-8(9(7)13(15)19)12(18)14(2)10(6)16/h4-5H,3H2,1-2H3. The molecule has 0 N–H and O–H groups in total. The molecular formula is C13H10N2O4. The van der Waals surface area contributed by atoms with Crippen LogP contribution in [0.15, 0.2) is 31.3 Å². The van der Waals surface area contributed by atoms with E-state index >= 15 is 0 Å². The van der Waals surface area contributed by atoms with Gasteiger partial charge in [0.25, 0.3) is 22.2 Å². The van der Waals surface area contributed by atoms with Crippen LogP contribution in [0.3, 0.4) is 0 Å². The Hall–Kier alpha value is -2.50. The largest absolute Gasteiger partial charge is 0.277 e. The molecule has 0 fully saturated rings. The predicted octanol–water partition coefficient (Wildman–Crippen LogP) is -0.531. The summed E-state index contributed by atoms with van der Waals surface area (Å²) in [4.78, 5) is 48.1. The first kappa shape index (κ1) is 11.6. The van der Waals surface area contributed by atoms with Crippen LogP contribution in [-0.4, -0.2) is 9.13 Å². The molecule has 19 heavy (non-hydrogen) atoms. The van der Waals surface area contributed by atoms with Gasteiger partial charge in [-0.3, -0.25) is 28.3 Å². The zero-order valence-corrected chi connectivity index (χ0v) is 10.4. The molecule has 0 amide bonds. The van der Waals surface area contributed by atoms with Gasteiger partial charge in [0.05, 0.1) is 21.5 Å². The molecule has 2 heterocycles. The number of hydrogen-bond acceptors (Lipinski definition) is 4. The van der Waals surface area contributed by atoms with Crippen molar-refractivity contribution in [3.8, 4) is 0 Å². The van der Waals surface area contributed by atoms with Crippen molar-refractivity contribution in [1.29, 1.82) is 0 Å². The van der Waals surface area contributed by atoms with Crippen molar-refractivity contribution < 1.29 is 0 Å². The van der Waals surface area contributed by atoms with E-state index in [0.717, 1.165) is 9.13 Å². The van der Waals surface area contributed by atoms with Crippen LogP contribution in [0, 0.1) is 0 Å². The van der Waals surface area contributed by atoms with E-state index in [1.54, 1.807) is 6.92 Å². The molecule has 0 aliphatic carbocycles. The maximum atomic E-state index is 12.2. The third-order valence-electron chi connectivity index (χ3n) is 3.51. The monoisotopic (exact) mass is 258 g/mol. The zero-order valence-electron chi connectivity index (χ0n) is 10.4. The average Bonchev–Trinajstić information content (AvgIpc) is 2.78. The second-order valence-electron chi connectivity index (χ2n) is 4.43. The Morgan fingerprint density at radius 2 is 1.37 bits per heavy atom. The quantitative estimate of drug-likeness (QED) is 0.588. The average molecular weight is 258 g/mol. The van der Waals surface area contributed by atoms with Crippen molar-refractivity contribution >= 4 is 21.5 Å². The normalized spacial score (nSPS) is 11.7. The Kier molecular flexibility index (Phi) is 2.14. The van der Waals surface area contributed by atoms with Gasteiger partial charge in [0.2, 0.25) is 0 Å². The summed E-state index contributed by atoms with van der Waals surface area (Å²) in [6.07, 6.45) is 0. The topological polar surface area (TPSA) is 78.1 Å². The highest BCUT2D eigenvalue weighted by Crippen LogP contribution is 2.15. The van der Waals surface area contributed by atoms with Crippen molar-refractivity contribution in [2.24, 2.45) is 7.05 Å². The lowest BCUT2D eigenvalue weighted by molar-refractivity contribution is 0.722. The second-order valence-corrected chi connectivity index (χ2v) is 4.43. The van der Waals surface area contributed by atoms with Gasteiger partial charge in [0, 0.05) is 13.6 Å².